The van der Waals surface area contributed by atoms with Crippen LogP contribution in [0.4, 0.5) is 5.82 Å². The first-order valence-electron chi connectivity index (χ1n) is 11.5. The molecule has 3 heterocycles. The SMILES string of the molecule is CN=C(NCc1ccnc(N(C)C)c1)N1CCC2C(CCCN2Cc2ccccc2)C1.I. The van der Waals surface area contributed by atoms with Gasteiger partial charge >= 0.3 is 0 Å². The highest BCUT2D eigenvalue weighted by molar-refractivity contribution is 14.0. The fourth-order valence-corrected chi connectivity index (χ4v) is 5.04. The van der Waals surface area contributed by atoms with E-state index >= 15 is 0 Å². The molecule has 2 unspecified atom stereocenters. The highest BCUT2D eigenvalue weighted by atomic mass is 127. The molecule has 1 aromatic carbocycles. The summed E-state index contributed by atoms with van der Waals surface area (Å²) in [5.74, 6) is 2.71. The number of anilines is 1. The van der Waals surface area contributed by atoms with Crippen molar-refractivity contribution < 1.29 is 0 Å². The Morgan fingerprint density at radius 1 is 1.12 bits per heavy atom. The molecule has 2 aliphatic heterocycles. The Hall–Kier alpha value is -1.87. The zero-order valence-corrected chi connectivity index (χ0v) is 21.9. The van der Waals surface area contributed by atoms with Gasteiger partial charge in [-0.25, -0.2) is 4.98 Å². The molecule has 6 nitrogen and oxygen atoms in total. The molecule has 32 heavy (non-hydrogen) atoms. The van der Waals surface area contributed by atoms with Crippen LogP contribution >= 0.6 is 24.0 Å². The first kappa shape index (κ1) is 24.8. The normalized spacial score (nSPS) is 21.5. The van der Waals surface area contributed by atoms with Gasteiger partial charge in [0.1, 0.15) is 5.82 Å². The van der Waals surface area contributed by atoms with E-state index in [2.05, 4.69) is 67.6 Å². The third kappa shape index (κ3) is 6.13. The highest BCUT2D eigenvalue weighted by Gasteiger charge is 2.36. The van der Waals surface area contributed by atoms with Crippen molar-refractivity contribution in [1.29, 1.82) is 0 Å². The van der Waals surface area contributed by atoms with Gasteiger partial charge in [0.05, 0.1) is 0 Å². The lowest BCUT2D eigenvalue weighted by atomic mass is 9.83. The van der Waals surface area contributed by atoms with Crippen LogP contribution in [0.2, 0.25) is 0 Å². The zero-order chi connectivity index (χ0) is 21.6. The summed E-state index contributed by atoms with van der Waals surface area (Å²) < 4.78 is 0. The Morgan fingerprint density at radius 3 is 2.69 bits per heavy atom. The molecule has 174 valence electrons. The molecule has 0 bridgehead atoms. The predicted molar refractivity (Wildman–Crippen MR) is 144 cm³/mol. The number of fused-ring (bicyclic) bond motifs is 1. The van der Waals surface area contributed by atoms with Gasteiger partial charge in [0.25, 0.3) is 0 Å². The number of piperidine rings is 2. The molecule has 0 amide bonds. The first-order valence-corrected chi connectivity index (χ1v) is 11.5. The predicted octanol–water partition coefficient (Wildman–Crippen LogP) is 3.83. The second kappa shape index (κ2) is 11.8. The van der Waals surface area contributed by atoms with Crippen molar-refractivity contribution in [3.8, 4) is 0 Å². The fraction of sp³-hybridized carbons (Fsp3) is 0.520. The lowest BCUT2D eigenvalue weighted by Crippen LogP contribution is -2.56. The Balaban J connectivity index is 0.00000289. The summed E-state index contributed by atoms with van der Waals surface area (Å²) in [6.07, 6.45) is 5.69. The largest absolute Gasteiger partial charge is 0.363 e. The van der Waals surface area contributed by atoms with Crippen LogP contribution in [-0.2, 0) is 13.1 Å². The van der Waals surface area contributed by atoms with Crippen molar-refractivity contribution in [3.05, 3.63) is 59.8 Å². The molecule has 0 saturated carbocycles. The summed E-state index contributed by atoms with van der Waals surface area (Å²) in [4.78, 5) is 16.2. The van der Waals surface area contributed by atoms with E-state index in [4.69, 9.17) is 0 Å². The molecule has 0 radical (unpaired) electrons. The number of pyridine rings is 1. The number of aromatic nitrogens is 1. The average Bonchev–Trinajstić information content (AvgIpc) is 2.80. The number of hydrogen-bond donors (Lipinski definition) is 1. The number of halogens is 1. The number of nitrogens with zero attached hydrogens (tertiary/aromatic N) is 5. The van der Waals surface area contributed by atoms with Crippen molar-refractivity contribution in [2.45, 2.75) is 38.4 Å². The molecule has 0 spiro atoms. The fourth-order valence-electron chi connectivity index (χ4n) is 5.04. The molecule has 2 aliphatic rings. The van der Waals surface area contributed by atoms with Crippen LogP contribution in [0.15, 0.2) is 53.7 Å². The van der Waals surface area contributed by atoms with Gasteiger partial charge < -0.3 is 15.1 Å². The minimum atomic E-state index is 0. The van der Waals surface area contributed by atoms with Gasteiger partial charge in [-0.15, -0.1) is 24.0 Å². The van der Waals surface area contributed by atoms with Crippen LogP contribution < -0.4 is 10.2 Å². The summed E-state index contributed by atoms with van der Waals surface area (Å²) in [5.41, 5.74) is 2.65. The third-order valence-corrected chi connectivity index (χ3v) is 6.64. The molecule has 1 N–H and O–H groups in total. The number of hydrogen-bond acceptors (Lipinski definition) is 4. The van der Waals surface area contributed by atoms with Gasteiger partial charge in [0, 0.05) is 59.6 Å². The average molecular weight is 549 g/mol. The van der Waals surface area contributed by atoms with Gasteiger partial charge in [-0.3, -0.25) is 9.89 Å². The Kier molecular flexibility index (Phi) is 9.16. The lowest BCUT2D eigenvalue weighted by Gasteiger charge is -2.48. The maximum Gasteiger partial charge on any atom is 0.193 e. The number of aliphatic imine (C=N–C) groups is 1. The van der Waals surface area contributed by atoms with E-state index in [9.17, 15) is 0 Å². The van der Waals surface area contributed by atoms with Gasteiger partial charge in [-0.1, -0.05) is 30.3 Å². The van der Waals surface area contributed by atoms with Crippen molar-refractivity contribution in [2.75, 3.05) is 45.7 Å². The molecule has 7 heteroatoms. The quantitative estimate of drug-likeness (QED) is 0.350. The number of rotatable bonds is 5. The minimum absolute atomic E-state index is 0. The van der Waals surface area contributed by atoms with Crippen LogP contribution in [0.5, 0.6) is 0 Å². The Morgan fingerprint density at radius 2 is 1.94 bits per heavy atom. The second-order valence-corrected chi connectivity index (χ2v) is 8.98. The van der Waals surface area contributed by atoms with Crippen molar-refractivity contribution in [3.63, 3.8) is 0 Å². The summed E-state index contributed by atoms with van der Waals surface area (Å²) >= 11 is 0. The molecular formula is C25H37IN6. The maximum absolute atomic E-state index is 4.60. The van der Waals surface area contributed by atoms with Crippen molar-refractivity contribution in [2.24, 2.45) is 10.9 Å². The standard InChI is InChI=1S/C25H36N6.HI/c1-26-25(28-17-21-11-13-27-24(16-21)29(2)3)31-15-12-23-22(19-31)10-7-14-30(23)18-20-8-5-4-6-9-20;/h4-6,8-9,11,13,16,22-23H,7,10,12,14-15,17-19H2,1-3H3,(H,26,28);1H. The monoisotopic (exact) mass is 548 g/mol. The van der Waals surface area contributed by atoms with E-state index in [0.717, 1.165) is 38.0 Å². The summed E-state index contributed by atoms with van der Waals surface area (Å²) in [6, 6.07) is 15.8. The lowest BCUT2D eigenvalue weighted by molar-refractivity contribution is 0.0372. The van der Waals surface area contributed by atoms with E-state index in [1.807, 2.05) is 32.2 Å². The minimum Gasteiger partial charge on any atom is -0.363 e. The molecule has 2 saturated heterocycles. The van der Waals surface area contributed by atoms with Crippen molar-refractivity contribution >= 4 is 35.8 Å². The molecule has 4 rings (SSSR count). The number of benzene rings is 1. The van der Waals surface area contributed by atoms with E-state index < -0.39 is 0 Å². The molecule has 2 atom stereocenters. The van der Waals surface area contributed by atoms with Gasteiger partial charge in [-0.05, 0) is 55.0 Å². The van der Waals surface area contributed by atoms with Crippen LogP contribution in [-0.4, -0.2) is 67.6 Å². The summed E-state index contributed by atoms with van der Waals surface area (Å²) in [6.45, 7) is 5.21. The van der Waals surface area contributed by atoms with E-state index in [-0.39, 0.29) is 24.0 Å². The third-order valence-electron chi connectivity index (χ3n) is 6.64. The first-order chi connectivity index (χ1) is 15.1. The second-order valence-electron chi connectivity index (χ2n) is 8.98. The van der Waals surface area contributed by atoms with Crippen molar-refractivity contribution in [1.82, 2.24) is 20.1 Å². The number of guanidine groups is 1. The van der Waals surface area contributed by atoms with Crippen LogP contribution in [0.25, 0.3) is 0 Å². The van der Waals surface area contributed by atoms with E-state index in [1.54, 1.807) is 0 Å². The highest BCUT2D eigenvalue weighted by Crippen LogP contribution is 2.31. The zero-order valence-electron chi connectivity index (χ0n) is 19.6. The topological polar surface area (TPSA) is 47.0 Å². The Bertz CT molecular complexity index is 872. The van der Waals surface area contributed by atoms with Gasteiger partial charge in [0.2, 0.25) is 0 Å². The summed E-state index contributed by atoms with van der Waals surface area (Å²) in [5, 5.41) is 3.58. The molecule has 0 aliphatic carbocycles. The maximum atomic E-state index is 4.60. The number of likely N-dealkylation sites (tertiary alicyclic amines) is 2. The van der Waals surface area contributed by atoms with Gasteiger partial charge in [-0.2, -0.15) is 0 Å². The molecule has 2 fully saturated rings. The summed E-state index contributed by atoms with van der Waals surface area (Å²) in [7, 11) is 5.94. The number of nitrogens with one attached hydrogen (secondary N) is 1. The smallest absolute Gasteiger partial charge is 0.193 e. The molecule has 2 aromatic rings. The van der Waals surface area contributed by atoms with E-state index in [1.165, 1.54) is 36.9 Å². The van der Waals surface area contributed by atoms with E-state index in [0.29, 0.717) is 12.0 Å². The Labute approximate surface area is 210 Å². The van der Waals surface area contributed by atoms with Crippen LogP contribution in [0.1, 0.15) is 30.4 Å². The molecular weight excluding hydrogens is 511 g/mol. The van der Waals surface area contributed by atoms with Crippen LogP contribution in [0.3, 0.4) is 0 Å². The molecule has 1 aromatic heterocycles. The van der Waals surface area contributed by atoms with Crippen LogP contribution in [0, 0.1) is 5.92 Å². The van der Waals surface area contributed by atoms with Gasteiger partial charge in [0.15, 0.2) is 5.96 Å².